The zero-order valence-electron chi connectivity index (χ0n) is 25.3. The molecule has 5 aliphatic rings. The van der Waals surface area contributed by atoms with E-state index >= 15 is 0 Å². The molecule has 7 rings (SSSR count). The van der Waals surface area contributed by atoms with Crippen molar-refractivity contribution in [2.24, 2.45) is 0 Å². The highest BCUT2D eigenvalue weighted by Crippen LogP contribution is 2.53. The van der Waals surface area contributed by atoms with Crippen LogP contribution in [0.1, 0.15) is 75.8 Å². The second-order valence-electron chi connectivity index (χ2n) is 12.3. The molecular formula is C32H35NO12. The molecule has 0 saturated carbocycles. The van der Waals surface area contributed by atoms with E-state index in [4.69, 9.17) is 28.4 Å². The van der Waals surface area contributed by atoms with Crippen LogP contribution in [0, 0.1) is 0 Å². The second kappa shape index (κ2) is 10.8. The Morgan fingerprint density at radius 2 is 1.82 bits per heavy atom. The molecule has 45 heavy (non-hydrogen) atoms. The number of ketones is 3. The van der Waals surface area contributed by atoms with Gasteiger partial charge in [0.2, 0.25) is 5.78 Å². The summed E-state index contributed by atoms with van der Waals surface area (Å²) in [6.07, 6.45) is -4.14. The Morgan fingerprint density at radius 3 is 2.53 bits per heavy atom. The van der Waals surface area contributed by atoms with Crippen LogP contribution in [0.3, 0.4) is 0 Å². The van der Waals surface area contributed by atoms with E-state index in [-0.39, 0.29) is 52.1 Å². The third kappa shape index (κ3) is 4.44. The zero-order valence-corrected chi connectivity index (χ0v) is 25.3. The summed E-state index contributed by atoms with van der Waals surface area (Å²) in [5, 5.41) is 34.8. The minimum Gasteiger partial charge on any atom is -0.507 e. The van der Waals surface area contributed by atoms with E-state index in [1.807, 2.05) is 6.92 Å². The Labute approximate surface area is 258 Å². The fraction of sp³-hybridized carbons (Fsp3) is 0.531. The van der Waals surface area contributed by atoms with Crippen molar-refractivity contribution in [3.63, 3.8) is 0 Å². The Bertz CT molecular complexity index is 1610. The molecule has 0 amide bonds. The molecule has 2 aromatic carbocycles. The molecule has 13 heteroatoms. The second-order valence-corrected chi connectivity index (χ2v) is 12.3. The Morgan fingerprint density at radius 1 is 1.07 bits per heavy atom. The molecule has 0 radical (unpaired) electrons. The summed E-state index contributed by atoms with van der Waals surface area (Å²) in [5.41, 5.74) is -2.84. The van der Waals surface area contributed by atoms with Gasteiger partial charge in [-0.3, -0.25) is 19.3 Å². The summed E-state index contributed by atoms with van der Waals surface area (Å²) in [5.74, 6) is -3.01. The maximum atomic E-state index is 13.9. The predicted molar refractivity (Wildman–Crippen MR) is 152 cm³/mol. The first-order valence-corrected chi connectivity index (χ1v) is 15.0. The molecule has 2 aromatic rings. The van der Waals surface area contributed by atoms with Gasteiger partial charge in [-0.25, -0.2) is 0 Å². The van der Waals surface area contributed by atoms with Crippen LogP contribution in [0.4, 0.5) is 0 Å². The monoisotopic (exact) mass is 625 g/mol. The van der Waals surface area contributed by atoms with E-state index in [1.165, 1.54) is 26.2 Å². The van der Waals surface area contributed by atoms with Crippen molar-refractivity contribution in [1.82, 2.24) is 4.90 Å². The maximum Gasteiger partial charge on any atom is 0.202 e. The lowest BCUT2D eigenvalue weighted by Crippen LogP contribution is -2.55. The number of aromatic hydroxyl groups is 2. The molecule has 3 heterocycles. The highest BCUT2D eigenvalue weighted by atomic mass is 16.7. The van der Waals surface area contributed by atoms with E-state index in [0.717, 1.165) is 0 Å². The van der Waals surface area contributed by atoms with Crippen LogP contribution in [0.2, 0.25) is 0 Å². The predicted octanol–water partition coefficient (Wildman–Crippen LogP) is 1.74. The summed E-state index contributed by atoms with van der Waals surface area (Å²) in [6, 6.07) is 4.37. The number of Topliss-reactive ketones (excluding diaryl/α,β-unsaturated/α-hetero) is 1. The number of benzene rings is 2. The molecule has 0 bridgehead atoms. The summed E-state index contributed by atoms with van der Waals surface area (Å²) in [4.78, 5) is 42.5. The molecule has 3 N–H and O–H groups in total. The van der Waals surface area contributed by atoms with Crippen molar-refractivity contribution in [2.75, 3.05) is 27.4 Å². The number of ether oxygens (including phenoxy) is 6. The molecule has 3 saturated heterocycles. The van der Waals surface area contributed by atoms with Gasteiger partial charge in [0.1, 0.15) is 29.0 Å². The first-order chi connectivity index (χ1) is 21.5. The van der Waals surface area contributed by atoms with Gasteiger partial charge >= 0.3 is 0 Å². The van der Waals surface area contributed by atoms with Gasteiger partial charge in [-0.15, -0.1) is 0 Å². The van der Waals surface area contributed by atoms with Crippen molar-refractivity contribution < 1.29 is 58.1 Å². The van der Waals surface area contributed by atoms with Crippen LogP contribution in [0.5, 0.6) is 17.2 Å². The van der Waals surface area contributed by atoms with E-state index in [0.29, 0.717) is 19.6 Å². The number of aliphatic hydroxyl groups is 1. The zero-order chi connectivity index (χ0) is 31.9. The standard InChI is InChI=1S/C32H35NO12/c1-13-29-17(33-8-9-42-31(41-4)30(33)45-29)10-20(43-13)44-19-12-32(39,14(2)34)11-16-22(19)28(38)24-23(26(16)36)25(35)15-6-5-7-18(40-3)21(15)27(24)37/h5-7,13,17,19-20,29-31,36,38-39H,8-12H2,1-4H3/t13-,17?,19-,20-,29+,30+,31-,32-/m0/s1. The van der Waals surface area contributed by atoms with Crippen molar-refractivity contribution >= 4 is 17.3 Å². The molecule has 0 spiro atoms. The Balaban J connectivity index is 1.29. The number of morpholine rings is 1. The van der Waals surface area contributed by atoms with Crippen LogP contribution < -0.4 is 4.74 Å². The highest BCUT2D eigenvalue weighted by molar-refractivity contribution is 6.31. The van der Waals surface area contributed by atoms with Crippen molar-refractivity contribution in [2.45, 2.75) is 81.9 Å². The number of carbonyl (C=O) groups is 3. The summed E-state index contributed by atoms with van der Waals surface area (Å²) in [7, 11) is 2.91. The quantitative estimate of drug-likeness (QED) is 0.351. The summed E-state index contributed by atoms with van der Waals surface area (Å²) >= 11 is 0. The number of nitrogens with zero attached hydrogens (tertiary/aromatic N) is 1. The molecule has 240 valence electrons. The van der Waals surface area contributed by atoms with Gasteiger partial charge in [-0.2, -0.15) is 0 Å². The van der Waals surface area contributed by atoms with Crippen molar-refractivity contribution in [1.29, 1.82) is 0 Å². The minimum absolute atomic E-state index is 0.00185. The van der Waals surface area contributed by atoms with Crippen molar-refractivity contribution in [3.8, 4) is 17.2 Å². The number of rotatable bonds is 5. The number of phenolic OH excluding ortho intramolecular Hbond substituents is 2. The molecule has 1 unspecified atom stereocenters. The maximum absolute atomic E-state index is 13.9. The van der Waals surface area contributed by atoms with Gasteiger partial charge in [0.25, 0.3) is 0 Å². The van der Waals surface area contributed by atoms with Crippen LogP contribution >= 0.6 is 0 Å². The van der Waals surface area contributed by atoms with Gasteiger partial charge in [0.15, 0.2) is 30.4 Å². The van der Waals surface area contributed by atoms with Gasteiger partial charge in [-0.05, 0) is 19.9 Å². The SMILES string of the molecule is COc1cccc2c1C(=O)c1c(O)c3c(c(O)c1C2=O)C[C@@](O)(C(C)=O)C[C@@H]3O[C@H]1CC2[C@H](O[C@@H]3[C@@H](OC)OCCN23)[C@H](C)O1. The van der Waals surface area contributed by atoms with E-state index in [9.17, 15) is 29.7 Å². The van der Waals surface area contributed by atoms with Crippen LogP contribution in [-0.4, -0.2) is 108 Å². The average Bonchev–Trinajstić information content (AvgIpc) is 3.40. The topological polar surface area (TPSA) is 171 Å². The fourth-order valence-corrected chi connectivity index (χ4v) is 7.60. The lowest BCUT2D eigenvalue weighted by molar-refractivity contribution is -0.256. The van der Waals surface area contributed by atoms with Gasteiger partial charge in [0, 0.05) is 55.6 Å². The molecule has 2 aliphatic carbocycles. The number of fused-ring (bicyclic) bond motifs is 6. The van der Waals surface area contributed by atoms with E-state index in [2.05, 4.69) is 4.90 Å². The fourth-order valence-electron chi connectivity index (χ4n) is 7.60. The number of phenols is 2. The number of carbonyl (C=O) groups excluding carboxylic acids is 3. The molecule has 3 fully saturated rings. The van der Waals surface area contributed by atoms with E-state index in [1.54, 1.807) is 13.2 Å². The van der Waals surface area contributed by atoms with Crippen LogP contribution in [0.15, 0.2) is 18.2 Å². The number of hydrogen-bond acceptors (Lipinski definition) is 13. The normalized spacial score (nSPS) is 33.9. The molecular weight excluding hydrogens is 590 g/mol. The number of hydrogen-bond donors (Lipinski definition) is 3. The third-order valence-electron chi connectivity index (χ3n) is 9.84. The Kier molecular flexibility index (Phi) is 7.28. The van der Waals surface area contributed by atoms with E-state index < -0.39 is 77.4 Å². The average molecular weight is 626 g/mol. The Hall–Kier alpha value is -3.43. The lowest BCUT2D eigenvalue weighted by atomic mass is 9.72. The first kappa shape index (κ1) is 30.2. The largest absolute Gasteiger partial charge is 0.507 e. The van der Waals surface area contributed by atoms with Gasteiger partial charge in [-0.1, -0.05) is 12.1 Å². The molecule has 3 aliphatic heterocycles. The van der Waals surface area contributed by atoms with Crippen molar-refractivity contribution in [3.05, 3.63) is 51.6 Å². The smallest absolute Gasteiger partial charge is 0.202 e. The minimum atomic E-state index is -1.99. The number of methoxy groups -OCH3 is 2. The molecule has 13 nitrogen and oxygen atoms in total. The highest BCUT2D eigenvalue weighted by Gasteiger charge is 2.55. The van der Waals surface area contributed by atoms with Gasteiger partial charge < -0.3 is 43.7 Å². The van der Waals surface area contributed by atoms with Crippen LogP contribution in [0.25, 0.3) is 0 Å². The first-order valence-electron chi connectivity index (χ1n) is 15.0. The molecule has 8 atom stereocenters. The van der Waals surface area contributed by atoms with Crippen LogP contribution in [-0.2, 0) is 34.9 Å². The summed E-state index contributed by atoms with van der Waals surface area (Å²) in [6.45, 7) is 4.12. The summed E-state index contributed by atoms with van der Waals surface area (Å²) < 4.78 is 35.4. The third-order valence-corrected chi connectivity index (χ3v) is 9.84. The molecule has 0 aromatic heterocycles. The van der Waals surface area contributed by atoms with Gasteiger partial charge in [0.05, 0.1) is 42.6 Å². The lowest BCUT2D eigenvalue weighted by Gasteiger charge is -2.43.